The van der Waals surface area contributed by atoms with Crippen LogP contribution >= 0.6 is 0 Å². The second-order valence-corrected chi connectivity index (χ2v) is 9.02. The Hall–Kier alpha value is -0.263. The zero-order valence-electron chi connectivity index (χ0n) is 8.78. The second-order valence-electron chi connectivity index (χ2n) is 4.27. The second kappa shape index (κ2) is 5.39. The van der Waals surface area contributed by atoms with Gasteiger partial charge in [0.15, 0.2) is 0 Å². The van der Waals surface area contributed by atoms with Crippen molar-refractivity contribution in [3.63, 3.8) is 0 Å². The van der Waals surface area contributed by atoms with Gasteiger partial charge >= 0.3 is 0 Å². The molecule has 0 aliphatic carbocycles. The van der Waals surface area contributed by atoms with Crippen molar-refractivity contribution >= 4 is 8.07 Å². The topological polar surface area (TPSA) is 26.0 Å². The first kappa shape index (κ1) is 11.7. The Kier molecular flexibility index (Phi) is 5.28. The molecule has 0 heterocycles. The molecular formula is C10H21NSi. The van der Waals surface area contributed by atoms with Crippen molar-refractivity contribution < 1.29 is 0 Å². The smallest absolute Gasteiger partial charge is 0.129 e. The first-order valence-corrected chi connectivity index (χ1v) is 8.24. The van der Waals surface area contributed by atoms with Gasteiger partial charge in [0, 0.05) is 0 Å². The van der Waals surface area contributed by atoms with Crippen molar-refractivity contribution in [2.24, 2.45) is 5.73 Å². The van der Waals surface area contributed by atoms with E-state index in [-0.39, 0.29) is 6.04 Å². The van der Waals surface area contributed by atoms with Crippen molar-refractivity contribution in [2.45, 2.75) is 51.9 Å². The Morgan fingerprint density at radius 2 is 1.92 bits per heavy atom. The summed E-state index contributed by atoms with van der Waals surface area (Å²) in [6, 6.07) is 0.108. The van der Waals surface area contributed by atoms with Gasteiger partial charge in [0.05, 0.1) is 6.04 Å². The van der Waals surface area contributed by atoms with Crippen molar-refractivity contribution in [1.82, 2.24) is 0 Å². The van der Waals surface area contributed by atoms with E-state index in [1.807, 2.05) is 0 Å². The predicted octanol–water partition coefficient (Wildman–Crippen LogP) is 2.38. The lowest BCUT2D eigenvalue weighted by Crippen LogP contribution is -2.21. The van der Waals surface area contributed by atoms with Crippen LogP contribution in [-0.2, 0) is 0 Å². The predicted molar refractivity (Wildman–Crippen MR) is 58.6 cm³/mol. The quantitative estimate of drug-likeness (QED) is 0.528. The van der Waals surface area contributed by atoms with Crippen LogP contribution in [0.2, 0.25) is 19.6 Å². The monoisotopic (exact) mass is 183 g/mol. The van der Waals surface area contributed by atoms with E-state index in [1.165, 1.54) is 12.8 Å². The minimum Gasteiger partial charge on any atom is -0.318 e. The highest BCUT2D eigenvalue weighted by Crippen LogP contribution is 1.99. The van der Waals surface area contributed by atoms with Crippen molar-refractivity contribution in [3.05, 3.63) is 0 Å². The maximum atomic E-state index is 5.82. The van der Waals surface area contributed by atoms with Crippen molar-refractivity contribution in [3.8, 4) is 11.5 Å². The number of hydrogen-bond donors (Lipinski definition) is 1. The number of nitrogens with two attached hydrogens (primary N) is 1. The molecule has 2 heteroatoms. The standard InChI is InChI=1S/C10H21NSi/c1-5-6-7-10(11)8-9-12(2,3)4/h10H,5-7,11H2,1-4H3/t10-/m0/s1. The molecule has 0 aliphatic heterocycles. The molecule has 0 rings (SSSR count). The Morgan fingerprint density at radius 3 is 2.33 bits per heavy atom. The zero-order chi connectivity index (χ0) is 9.61. The van der Waals surface area contributed by atoms with E-state index in [4.69, 9.17) is 5.73 Å². The van der Waals surface area contributed by atoms with Crippen LogP contribution in [0.5, 0.6) is 0 Å². The van der Waals surface area contributed by atoms with Gasteiger partial charge in [0.2, 0.25) is 0 Å². The van der Waals surface area contributed by atoms with Crippen LogP contribution in [0, 0.1) is 11.5 Å². The Bertz CT molecular complexity index is 171. The molecule has 0 aromatic rings. The first-order valence-electron chi connectivity index (χ1n) is 4.74. The maximum Gasteiger partial charge on any atom is 0.129 e. The molecule has 1 atom stereocenters. The molecule has 0 unspecified atom stereocenters. The fourth-order valence-corrected chi connectivity index (χ4v) is 1.42. The molecule has 0 amide bonds. The third-order valence-electron chi connectivity index (χ3n) is 1.50. The number of unbranched alkanes of at least 4 members (excludes halogenated alkanes) is 1. The molecule has 0 radical (unpaired) electrons. The molecule has 0 aliphatic rings. The van der Waals surface area contributed by atoms with Crippen LogP contribution in [0.3, 0.4) is 0 Å². The zero-order valence-corrected chi connectivity index (χ0v) is 9.78. The first-order chi connectivity index (χ1) is 5.45. The highest BCUT2D eigenvalue weighted by atomic mass is 28.3. The van der Waals surface area contributed by atoms with Crippen LogP contribution in [0.25, 0.3) is 0 Å². The average molecular weight is 183 g/mol. The highest BCUT2D eigenvalue weighted by Gasteiger charge is 2.08. The molecule has 0 saturated heterocycles. The van der Waals surface area contributed by atoms with Gasteiger partial charge in [0.25, 0.3) is 0 Å². The number of hydrogen-bond acceptors (Lipinski definition) is 1. The van der Waals surface area contributed by atoms with Gasteiger partial charge in [-0.3, -0.25) is 0 Å². The Labute approximate surface area is 77.7 Å². The van der Waals surface area contributed by atoms with Gasteiger partial charge in [-0.15, -0.1) is 5.54 Å². The van der Waals surface area contributed by atoms with E-state index in [0.717, 1.165) is 6.42 Å². The molecular weight excluding hydrogens is 162 g/mol. The van der Waals surface area contributed by atoms with E-state index >= 15 is 0 Å². The molecule has 12 heavy (non-hydrogen) atoms. The minimum absolute atomic E-state index is 0.108. The Morgan fingerprint density at radius 1 is 1.33 bits per heavy atom. The SMILES string of the molecule is CCCC[C@H](N)C#C[Si](C)(C)C. The number of rotatable bonds is 3. The van der Waals surface area contributed by atoms with E-state index in [0.29, 0.717) is 0 Å². The van der Waals surface area contributed by atoms with E-state index in [2.05, 4.69) is 38.0 Å². The summed E-state index contributed by atoms with van der Waals surface area (Å²) >= 11 is 0. The van der Waals surface area contributed by atoms with Crippen molar-refractivity contribution in [1.29, 1.82) is 0 Å². The van der Waals surface area contributed by atoms with E-state index < -0.39 is 8.07 Å². The average Bonchev–Trinajstić information content (AvgIpc) is 1.95. The lowest BCUT2D eigenvalue weighted by molar-refractivity contribution is 0.667. The summed E-state index contributed by atoms with van der Waals surface area (Å²) < 4.78 is 0. The van der Waals surface area contributed by atoms with Gasteiger partial charge in [-0.25, -0.2) is 0 Å². The van der Waals surface area contributed by atoms with Crippen LogP contribution in [0.15, 0.2) is 0 Å². The van der Waals surface area contributed by atoms with Gasteiger partial charge < -0.3 is 5.73 Å². The molecule has 0 aromatic heterocycles. The normalized spacial score (nSPS) is 13.4. The lowest BCUT2D eigenvalue weighted by atomic mass is 10.1. The van der Waals surface area contributed by atoms with Gasteiger partial charge in [0.1, 0.15) is 8.07 Å². The molecule has 0 fully saturated rings. The maximum absolute atomic E-state index is 5.82. The third-order valence-corrected chi connectivity index (χ3v) is 2.40. The lowest BCUT2D eigenvalue weighted by Gasteiger charge is -2.06. The van der Waals surface area contributed by atoms with Crippen LogP contribution in [0.1, 0.15) is 26.2 Å². The molecule has 0 bridgehead atoms. The molecule has 0 spiro atoms. The summed E-state index contributed by atoms with van der Waals surface area (Å²) in [6.45, 7) is 8.91. The fraction of sp³-hybridized carbons (Fsp3) is 0.800. The van der Waals surface area contributed by atoms with Gasteiger partial charge in [-0.05, 0) is 6.42 Å². The van der Waals surface area contributed by atoms with Crippen molar-refractivity contribution in [2.75, 3.05) is 0 Å². The molecule has 2 N–H and O–H groups in total. The summed E-state index contributed by atoms with van der Waals surface area (Å²) in [5.74, 6) is 3.15. The summed E-state index contributed by atoms with van der Waals surface area (Å²) in [5, 5.41) is 0. The van der Waals surface area contributed by atoms with E-state index in [1.54, 1.807) is 0 Å². The van der Waals surface area contributed by atoms with Gasteiger partial charge in [-0.1, -0.05) is 45.3 Å². The molecule has 1 nitrogen and oxygen atoms in total. The summed E-state index contributed by atoms with van der Waals surface area (Å²) in [4.78, 5) is 0. The summed E-state index contributed by atoms with van der Waals surface area (Å²) in [7, 11) is -1.20. The van der Waals surface area contributed by atoms with Gasteiger partial charge in [-0.2, -0.15) is 0 Å². The molecule has 70 valence electrons. The molecule has 0 aromatic carbocycles. The van der Waals surface area contributed by atoms with Crippen LogP contribution < -0.4 is 5.73 Å². The third kappa shape index (κ3) is 7.84. The summed E-state index contributed by atoms with van der Waals surface area (Å²) in [6.07, 6.45) is 3.46. The van der Waals surface area contributed by atoms with Crippen LogP contribution in [-0.4, -0.2) is 14.1 Å². The Balaban J connectivity index is 3.79. The van der Waals surface area contributed by atoms with E-state index in [9.17, 15) is 0 Å². The van der Waals surface area contributed by atoms with Crippen LogP contribution in [0.4, 0.5) is 0 Å². The molecule has 0 saturated carbocycles. The fourth-order valence-electron chi connectivity index (χ4n) is 0.805. The largest absolute Gasteiger partial charge is 0.318 e. The highest BCUT2D eigenvalue weighted by molar-refractivity contribution is 6.83. The minimum atomic E-state index is -1.20. The summed E-state index contributed by atoms with van der Waals surface area (Å²) in [5.41, 5.74) is 9.11.